The molecule has 1 aliphatic rings. The van der Waals surface area contributed by atoms with Gasteiger partial charge in [-0.2, -0.15) is 0 Å². The van der Waals surface area contributed by atoms with Crippen LogP contribution in [-0.2, 0) is 5.41 Å². The Kier molecular flexibility index (Phi) is 2.54. The largest absolute Gasteiger partial charge is 0.319 e. The fourth-order valence-corrected chi connectivity index (χ4v) is 2.48. The van der Waals surface area contributed by atoms with E-state index in [4.69, 9.17) is 11.6 Å². The number of aryl methyl sites for hydroxylation is 1. The molecule has 1 aliphatic carbocycles. The number of hydrogen-bond acceptors (Lipinski definition) is 1. The Bertz CT molecular complexity index is 342. The minimum atomic E-state index is 0.406. The molecule has 0 atom stereocenters. The number of halogens is 1. The fraction of sp³-hybridized carbons (Fsp3) is 0.500. The van der Waals surface area contributed by atoms with Gasteiger partial charge in [0.25, 0.3) is 0 Å². The molecule has 0 aromatic heterocycles. The van der Waals surface area contributed by atoms with Gasteiger partial charge in [0.05, 0.1) is 0 Å². The maximum Gasteiger partial charge on any atom is 0.0408 e. The zero-order chi connectivity index (χ0) is 10.2. The van der Waals surface area contributed by atoms with Gasteiger partial charge in [-0.3, -0.25) is 0 Å². The Morgan fingerprint density at radius 2 is 2.14 bits per heavy atom. The van der Waals surface area contributed by atoms with E-state index in [-0.39, 0.29) is 0 Å². The molecule has 0 spiro atoms. The van der Waals surface area contributed by atoms with Gasteiger partial charge in [-0.15, -0.1) is 0 Å². The third-order valence-corrected chi connectivity index (χ3v) is 3.36. The van der Waals surface area contributed by atoms with Gasteiger partial charge < -0.3 is 5.32 Å². The van der Waals surface area contributed by atoms with E-state index < -0.39 is 0 Å². The van der Waals surface area contributed by atoms with Crippen LogP contribution in [0.25, 0.3) is 0 Å². The minimum absolute atomic E-state index is 0.406. The van der Waals surface area contributed by atoms with Crippen LogP contribution in [0.3, 0.4) is 0 Å². The van der Waals surface area contributed by atoms with Crippen molar-refractivity contribution >= 4 is 11.6 Å². The van der Waals surface area contributed by atoms with Gasteiger partial charge in [-0.05, 0) is 50.1 Å². The van der Waals surface area contributed by atoms with E-state index >= 15 is 0 Å². The lowest BCUT2D eigenvalue weighted by molar-refractivity contribution is 0.621. The molecule has 0 heterocycles. The van der Waals surface area contributed by atoms with Crippen LogP contribution in [0.4, 0.5) is 0 Å². The highest BCUT2D eigenvalue weighted by atomic mass is 35.5. The Labute approximate surface area is 90.5 Å². The number of nitrogens with one attached hydrogen (secondary N) is 1. The van der Waals surface area contributed by atoms with Gasteiger partial charge in [-0.25, -0.2) is 0 Å². The number of likely N-dealkylation sites (N-methyl/N-ethyl adjacent to an activating group) is 1. The monoisotopic (exact) mass is 209 g/mol. The van der Waals surface area contributed by atoms with Gasteiger partial charge in [-0.1, -0.05) is 17.7 Å². The fourth-order valence-electron chi connectivity index (χ4n) is 2.25. The first-order valence-electron chi connectivity index (χ1n) is 5.09. The van der Waals surface area contributed by atoms with Crippen molar-refractivity contribution in [1.82, 2.24) is 5.32 Å². The summed E-state index contributed by atoms with van der Waals surface area (Å²) in [6.45, 7) is 3.23. The lowest BCUT2D eigenvalue weighted by atomic mass is 9.92. The highest BCUT2D eigenvalue weighted by molar-refractivity contribution is 6.30. The molecule has 0 amide bonds. The van der Waals surface area contributed by atoms with Crippen LogP contribution in [0, 0.1) is 6.92 Å². The summed E-state index contributed by atoms with van der Waals surface area (Å²) in [7, 11) is 2.02. The molecule has 0 aliphatic heterocycles. The molecule has 0 bridgehead atoms. The van der Waals surface area contributed by atoms with Gasteiger partial charge in [0.2, 0.25) is 0 Å². The first-order chi connectivity index (χ1) is 6.68. The summed E-state index contributed by atoms with van der Waals surface area (Å²) in [4.78, 5) is 0. The predicted octanol–water partition coefficient (Wildman–Crippen LogP) is 2.90. The van der Waals surface area contributed by atoms with E-state index in [0.29, 0.717) is 5.41 Å². The maximum atomic E-state index is 5.95. The van der Waals surface area contributed by atoms with Crippen LogP contribution >= 0.6 is 11.6 Å². The summed E-state index contributed by atoms with van der Waals surface area (Å²) < 4.78 is 0. The molecule has 1 N–H and O–H groups in total. The molecule has 1 saturated carbocycles. The average molecular weight is 210 g/mol. The summed E-state index contributed by atoms with van der Waals surface area (Å²) in [6, 6.07) is 6.24. The second-order valence-electron chi connectivity index (χ2n) is 4.27. The van der Waals surface area contributed by atoms with Crippen molar-refractivity contribution < 1.29 is 0 Å². The number of benzene rings is 1. The molecule has 0 radical (unpaired) electrons. The summed E-state index contributed by atoms with van der Waals surface area (Å²) in [5, 5.41) is 4.12. The van der Waals surface area contributed by atoms with Crippen molar-refractivity contribution in [3.05, 3.63) is 34.3 Å². The molecular formula is C12H16ClN. The van der Waals surface area contributed by atoms with E-state index in [0.717, 1.165) is 11.6 Å². The third-order valence-electron chi connectivity index (χ3n) is 3.13. The van der Waals surface area contributed by atoms with Gasteiger partial charge in [0.15, 0.2) is 0 Å². The molecule has 1 aromatic carbocycles. The van der Waals surface area contributed by atoms with Crippen molar-refractivity contribution in [2.75, 3.05) is 13.6 Å². The predicted molar refractivity (Wildman–Crippen MR) is 61.0 cm³/mol. The highest BCUT2D eigenvalue weighted by Crippen LogP contribution is 2.48. The van der Waals surface area contributed by atoms with Crippen molar-refractivity contribution in [3.8, 4) is 0 Å². The van der Waals surface area contributed by atoms with Gasteiger partial charge in [0, 0.05) is 17.0 Å². The minimum Gasteiger partial charge on any atom is -0.319 e. The highest BCUT2D eigenvalue weighted by Gasteiger charge is 2.44. The van der Waals surface area contributed by atoms with Gasteiger partial charge >= 0.3 is 0 Å². The van der Waals surface area contributed by atoms with Crippen LogP contribution in [0.15, 0.2) is 18.2 Å². The van der Waals surface area contributed by atoms with Gasteiger partial charge in [0.1, 0.15) is 0 Å². The van der Waals surface area contributed by atoms with Crippen LogP contribution < -0.4 is 5.32 Å². The van der Waals surface area contributed by atoms with Crippen LogP contribution in [-0.4, -0.2) is 13.6 Å². The van der Waals surface area contributed by atoms with E-state index in [1.807, 2.05) is 13.1 Å². The Morgan fingerprint density at radius 1 is 1.43 bits per heavy atom. The first kappa shape index (κ1) is 10.0. The molecule has 76 valence electrons. The van der Waals surface area contributed by atoms with Crippen LogP contribution in [0.2, 0.25) is 5.02 Å². The Balaban J connectivity index is 2.32. The first-order valence-corrected chi connectivity index (χ1v) is 5.47. The number of hydrogen-bond donors (Lipinski definition) is 1. The quantitative estimate of drug-likeness (QED) is 0.808. The van der Waals surface area contributed by atoms with Crippen LogP contribution in [0.1, 0.15) is 24.0 Å². The molecule has 2 rings (SSSR count). The zero-order valence-electron chi connectivity index (χ0n) is 8.73. The van der Waals surface area contributed by atoms with E-state index in [1.165, 1.54) is 24.0 Å². The van der Waals surface area contributed by atoms with Crippen molar-refractivity contribution in [3.63, 3.8) is 0 Å². The van der Waals surface area contributed by atoms with E-state index in [9.17, 15) is 0 Å². The van der Waals surface area contributed by atoms with E-state index in [1.54, 1.807) is 0 Å². The smallest absolute Gasteiger partial charge is 0.0408 e. The topological polar surface area (TPSA) is 12.0 Å². The lowest BCUT2D eigenvalue weighted by Gasteiger charge is -2.17. The van der Waals surface area contributed by atoms with Crippen LogP contribution in [0.5, 0.6) is 0 Å². The second kappa shape index (κ2) is 3.56. The van der Waals surface area contributed by atoms with Crippen molar-refractivity contribution in [2.45, 2.75) is 25.2 Å². The standard InChI is InChI=1S/C12H16ClN/c1-9-7-10(13)3-4-11(9)12(5-6-12)8-14-2/h3-4,7,14H,5-6,8H2,1-2H3. The number of rotatable bonds is 3. The molecule has 0 unspecified atom stereocenters. The molecule has 0 saturated heterocycles. The molecule has 1 nitrogen and oxygen atoms in total. The summed E-state index contributed by atoms with van der Waals surface area (Å²) in [6.07, 6.45) is 2.60. The van der Waals surface area contributed by atoms with Crippen molar-refractivity contribution in [2.24, 2.45) is 0 Å². The SMILES string of the molecule is CNCC1(c2ccc(Cl)cc2C)CC1. The Hall–Kier alpha value is -0.530. The summed E-state index contributed by atoms with van der Waals surface area (Å²) >= 11 is 5.95. The van der Waals surface area contributed by atoms with Crippen molar-refractivity contribution in [1.29, 1.82) is 0 Å². The molecule has 1 fully saturated rings. The average Bonchev–Trinajstić information content (AvgIpc) is 2.86. The lowest BCUT2D eigenvalue weighted by Crippen LogP contribution is -2.24. The molecule has 1 aromatic rings. The summed E-state index contributed by atoms with van der Waals surface area (Å²) in [5.41, 5.74) is 3.20. The zero-order valence-corrected chi connectivity index (χ0v) is 9.49. The third kappa shape index (κ3) is 1.67. The maximum absolute atomic E-state index is 5.95. The molecule has 14 heavy (non-hydrogen) atoms. The second-order valence-corrected chi connectivity index (χ2v) is 4.71. The van der Waals surface area contributed by atoms with E-state index in [2.05, 4.69) is 24.4 Å². The molecule has 2 heteroatoms. The molecular weight excluding hydrogens is 194 g/mol. The normalized spacial score (nSPS) is 18.2. The Morgan fingerprint density at radius 3 is 2.64 bits per heavy atom. The summed E-state index contributed by atoms with van der Waals surface area (Å²) in [5.74, 6) is 0.